The molecule has 2 aromatic carbocycles. The Kier molecular flexibility index (Phi) is 8.06. The van der Waals surface area contributed by atoms with Gasteiger partial charge in [0, 0.05) is 48.2 Å². The summed E-state index contributed by atoms with van der Waals surface area (Å²) in [6.07, 6.45) is 7.50. The third kappa shape index (κ3) is 6.56. The average Bonchev–Trinajstić information content (AvgIpc) is 3.56. The van der Waals surface area contributed by atoms with Crippen LogP contribution >= 0.6 is 0 Å². The van der Waals surface area contributed by atoms with Gasteiger partial charge in [-0.15, -0.1) is 20.4 Å². The van der Waals surface area contributed by atoms with Crippen molar-refractivity contribution in [3.05, 3.63) is 80.5 Å². The molecule has 0 atom stereocenters. The van der Waals surface area contributed by atoms with Gasteiger partial charge in [0.25, 0.3) is 11.4 Å². The van der Waals surface area contributed by atoms with Gasteiger partial charge in [-0.05, 0) is 37.1 Å². The maximum Gasteiger partial charge on any atom is 0.269 e. The summed E-state index contributed by atoms with van der Waals surface area (Å²) in [6.45, 7) is 0. The summed E-state index contributed by atoms with van der Waals surface area (Å²) in [5, 5.41) is 37.7. The number of nitro benzene ring substituents is 2. The van der Waals surface area contributed by atoms with Gasteiger partial charge in [-0.2, -0.15) is 0 Å². The summed E-state index contributed by atoms with van der Waals surface area (Å²) in [5.41, 5.74) is 1.34. The molecule has 186 valence electrons. The van der Waals surface area contributed by atoms with Crippen LogP contribution in [-0.4, -0.2) is 30.2 Å². The first-order valence-electron chi connectivity index (χ1n) is 11.6. The van der Waals surface area contributed by atoms with Crippen LogP contribution in [0.3, 0.4) is 0 Å². The van der Waals surface area contributed by atoms with E-state index in [1.54, 1.807) is 24.3 Å². The van der Waals surface area contributed by atoms with Crippen LogP contribution < -0.4 is 0 Å². The Balaban J connectivity index is 1.10. The third-order valence-corrected chi connectivity index (χ3v) is 5.62. The zero-order valence-corrected chi connectivity index (χ0v) is 19.4. The van der Waals surface area contributed by atoms with Gasteiger partial charge >= 0.3 is 0 Å². The first-order chi connectivity index (χ1) is 17.5. The molecule has 0 aliphatic heterocycles. The predicted octanol–water partition coefficient (Wildman–Crippen LogP) is 5.73. The normalized spacial score (nSPS) is 11.0. The van der Waals surface area contributed by atoms with Crippen molar-refractivity contribution in [3.8, 4) is 22.9 Å². The van der Waals surface area contributed by atoms with Gasteiger partial charge in [0.15, 0.2) is 0 Å². The molecule has 4 rings (SSSR count). The van der Waals surface area contributed by atoms with E-state index in [2.05, 4.69) is 20.4 Å². The molecule has 0 unspecified atom stereocenters. The highest BCUT2D eigenvalue weighted by atomic mass is 16.6. The van der Waals surface area contributed by atoms with Crippen molar-refractivity contribution >= 4 is 11.4 Å². The van der Waals surface area contributed by atoms with E-state index in [1.807, 2.05) is 0 Å². The topological polar surface area (TPSA) is 164 Å². The summed E-state index contributed by atoms with van der Waals surface area (Å²) in [5.74, 6) is 1.84. The van der Waals surface area contributed by atoms with Gasteiger partial charge in [0.2, 0.25) is 23.6 Å². The van der Waals surface area contributed by atoms with E-state index in [-0.39, 0.29) is 11.4 Å². The zero-order valence-electron chi connectivity index (χ0n) is 19.4. The van der Waals surface area contributed by atoms with Crippen molar-refractivity contribution in [1.82, 2.24) is 20.4 Å². The fourth-order valence-corrected chi connectivity index (χ4v) is 3.65. The molecule has 0 fully saturated rings. The van der Waals surface area contributed by atoms with Crippen LogP contribution in [0.25, 0.3) is 22.9 Å². The van der Waals surface area contributed by atoms with Crippen LogP contribution in [0.5, 0.6) is 0 Å². The Morgan fingerprint density at radius 1 is 0.556 bits per heavy atom. The number of hydrogen-bond acceptors (Lipinski definition) is 10. The Labute approximate surface area is 205 Å². The van der Waals surface area contributed by atoms with E-state index in [4.69, 9.17) is 8.83 Å². The lowest BCUT2D eigenvalue weighted by Crippen LogP contribution is -1.88. The van der Waals surface area contributed by atoms with Gasteiger partial charge in [0.05, 0.1) is 9.85 Å². The maximum atomic E-state index is 10.8. The van der Waals surface area contributed by atoms with E-state index in [0.29, 0.717) is 47.5 Å². The number of unbranched alkanes of at least 4 members (excludes halogenated alkanes) is 5. The summed E-state index contributed by atoms with van der Waals surface area (Å²) in [6, 6.07) is 12.0. The van der Waals surface area contributed by atoms with E-state index >= 15 is 0 Å². The molecule has 12 heteroatoms. The number of benzene rings is 2. The van der Waals surface area contributed by atoms with E-state index < -0.39 is 9.85 Å². The molecule has 0 radical (unpaired) electrons. The Morgan fingerprint density at radius 2 is 0.917 bits per heavy atom. The van der Waals surface area contributed by atoms with Gasteiger partial charge in [-0.25, -0.2) is 0 Å². The molecule has 0 amide bonds. The van der Waals surface area contributed by atoms with Crippen LogP contribution in [0, 0.1) is 20.2 Å². The number of aryl methyl sites for hydroxylation is 2. The lowest BCUT2D eigenvalue weighted by molar-refractivity contribution is -0.385. The van der Waals surface area contributed by atoms with Crippen LogP contribution in [0.4, 0.5) is 11.4 Å². The lowest BCUT2D eigenvalue weighted by atomic mass is 10.1. The van der Waals surface area contributed by atoms with Gasteiger partial charge in [-0.3, -0.25) is 20.2 Å². The molecular weight excluding hydrogens is 468 g/mol. The molecule has 2 heterocycles. The second-order valence-corrected chi connectivity index (χ2v) is 8.23. The zero-order chi connectivity index (χ0) is 25.3. The summed E-state index contributed by atoms with van der Waals surface area (Å²) < 4.78 is 11.3. The summed E-state index contributed by atoms with van der Waals surface area (Å²) >= 11 is 0. The second kappa shape index (κ2) is 11.8. The van der Waals surface area contributed by atoms with Crippen molar-refractivity contribution in [2.24, 2.45) is 0 Å². The van der Waals surface area contributed by atoms with Crippen LogP contribution in [-0.2, 0) is 12.8 Å². The Morgan fingerprint density at radius 3 is 1.28 bits per heavy atom. The Hall–Kier alpha value is -4.48. The minimum atomic E-state index is -0.450. The summed E-state index contributed by atoms with van der Waals surface area (Å²) in [7, 11) is 0. The van der Waals surface area contributed by atoms with E-state index in [9.17, 15) is 20.2 Å². The number of nitro groups is 2. The minimum Gasteiger partial charge on any atom is -0.421 e. The molecule has 0 N–H and O–H groups in total. The predicted molar refractivity (Wildman–Crippen MR) is 128 cm³/mol. The first-order valence-corrected chi connectivity index (χ1v) is 11.6. The third-order valence-electron chi connectivity index (χ3n) is 5.62. The molecule has 0 saturated carbocycles. The highest BCUT2D eigenvalue weighted by Crippen LogP contribution is 2.23. The van der Waals surface area contributed by atoms with Crippen molar-refractivity contribution < 1.29 is 18.7 Å². The molecule has 0 aliphatic carbocycles. The number of nitrogens with zero attached hydrogens (tertiary/aromatic N) is 6. The van der Waals surface area contributed by atoms with Crippen molar-refractivity contribution in [3.63, 3.8) is 0 Å². The first kappa shape index (κ1) is 24.6. The molecule has 0 aliphatic rings. The average molecular weight is 492 g/mol. The monoisotopic (exact) mass is 492 g/mol. The van der Waals surface area contributed by atoms with Crippen LogP contribution in [0.2, 0.25) is 0 Å². The molecule has 0 spiro atoms. The van der Waals surface area contributed by atoms with Crippen molar-refractivity contribution in [2.45, 2.75) is 51.4 Å². The Bertz CT molecular complexity index is 1200. The fourth-order valence-electron chi connectivity index (χ4n) is 3.65. The van der Waals surface area contributed by atoms with Gasteiger partial charge in [-0.1, -0.05) is 25.7 Å². The highest BCUT2D eigenvalue weighted by molar-refractivity contribution is 5.56. The molecule has 0 bridgehead atoms. The standard InChI is InChI=1S/C24H24N6O6/c31-29(32)19-13-9-17(10-14-19)23-27-25-21(35-23)7-5-3-1-2-4-6-8-22-26-28-24(36-22)18-11-15-20(16-12-18)30(33)34/h9-16H,1-8H2. The highest BCUT2D eigenvalue weighted by Gasteiger charge is 2.12. The molecular formula is C24H24N6O6. The van der Waals surface area contributed by atoms with Crippen LogP contribution in [0.1, 0.15) is 50.3 Å². The van der Waals surface area contributed by atoms with Crippen LogP contribution in [0.15, 0.2) is 57.4 Å². The minimum absolute atomic E-state index is 0.0163. The largest absolute Gasteiger partial charge is 0.421 e. The molecule has 2 aromatic heterocycles. The number of non-ortho nitro benzene ring substituents is 2. The fraction of sp³-hybridized carbons (Fsp3) is 0.333. The molecule has 4 aromatic rings. The van der Waals surface area contributed by atoms with Gasteiger partial charge in [0.1, 0.15) is 0 Å². The number of rotatable bonds is 13. The second-order valence-electron chi connectivity index (χ2n) is 8.23. The molecule has 12 nitrogen and oxygen atoms in total. The van der Waals surface area contributed by atoms with Crippen molar-refractivity contribution in [1.29, 1.82) is 0 Å². The lowest BCUT2D eigenvalue weighted by Gasteiger charge is -2.00. The molecule has 0 saturated heterocycles. The number of hydrogen-bond donors (Lipinski definition) is 0. The van der Waals surface area contributed by atoms with Crippen molar-refractivity contribution in [2.75, 3.05) is 0 Å². The smallest absolute Gasteiger partial charge is 0.269 e. The molecule has 36 heavy (non-hydrogen) atoms. The SMILES string of the molecule is O=[N+]([O-])c1ccc(-c2nnc(CCCCCCCCc3nnc(-c4ccc([N+](=O)[O-])cc4)o3)o2)cc1. The summed E-state index contributed by atoms with van der Waals surface area (Å²) in [4.78, 5) is 20.6. The number of aromatic nitrogens is 4. The quantitative estimate of drug-likeness (QED) is 0.128. The maximum absolute atomic E-state index is 10.8. The van der Waals surface area contributed by atoms with E-state index in [1.165, 1.54) is 24.3 Å². The van der Waals surface area contributed by atoms with E-state index in [0.717, 1.165) is 38.5 Å². The van der Waals surface area contributed by atoms with Gasteiger partial charge < -0.3 is 8.83 Å².